The van der Waals surface area contributed by atoms with E-state index in [2.05, 4.69) is 15.7 Å². The third-order valence-electron chi connectivity index (χ3n) is 3.22. The normalized spacial score (nSPS) is 18.4. The highest BCUT2D eigenvalue weighted by atomic mass is 32.1. The van der Waals surface area contributed by atoms with E-state index >= 15 is 0 Å². The van der Waals surface area contributed by atoms with Crippen molar-refractivity contribution in [3.63, 3.8) is 0 Å². The van der Waals surface area contributed by atoms with Crippen molar-refractivity contribution in [1.29, 1.82) is 0 Å². The van der Waals surface area contributed by atoms with Crippen LogP contribution in [0.15, 0.2) is 5.38 Å². The van der Waals surface area contributed by atoms with Crippen molar-refractivity contribution in [2.45, 2.75) is 45.2 Å². The molecule has 90 valence electrons. The number of nitrogens with one attached hydrogen (secondary N) is 1. The van der Waals surface area contributed by atoms with Gasteiger partial charge in [0.1, 0.15) is 5.01 Å². The predicted octanol–water partition coefficient (Wildman–Crippen LogP) is 2.44. The topological polar surface area (TPSA) is 50.9 Å². The standard InChI is InChI=1S/C12H21N3S/c1-9(13)12-15-11(8-16-12)7-14-6-5-10-3-2-4-10/h8-10,14H,2-7,13H2,1H3. The monoisotopic (exact) mass is 239 g/mol. The molecule has 16 heavy (non-hydrogen) atoms. The Morgan fingerprint density at radius 2 is 2.44 bits per heavy atom. The molecule has 1 heterocycles. The molecule has 1 aromatic rings. The van der Waals surface area contributed by atoms with E-state index in [1.165, 1.54) is 25.7 Å². The van der Waals surface area contributed by atoms with Crippen LogP contribution < -0.4 is 11.1 Å². The number of aromatic nitrogens is 1. The van der Waals surface area contributed by atoms with Gasteiger partial charge in [-0.25, -0.2) is 4.98 Å². The van der Waals surface area contributed by atoms with Crippen molar-refractivity contribution >= 4 is 11.3 Å². The summed E-state index contributed by atoms with van der Waals surface area (Å²) >= 11 is 1.66. The van der Waals surface area contributed by atoms with Crippen LogP contribution in [0.3, 0.4) is 0 Å². The van der Waals surface area contributed by atoms with E-state index in [1.54, 1.807) is 11.3 Å². The summed E-state index contributed by atoms with van der Waals surface area (Å²) < 4.78 is 0. The van der Waals surface area contributed by atoms with Crippen LogP contribution in [0.2, 0.25) is 0 Å². The van der Waals surface area contributed by atoms with Gasteiger partial charge in [-0.3, -0.25) is 0 Å². The first-order valence-electron chi connectivity index (χ1n) is 6.16. The molecule has 1 aliphatic rings. The van der Waals surface area contributed by atoms with Gasteiger partial charge >= 0.3 is 0 Å². The van der Waals surface area contributed by atoms with E-state index < -0.39 is 0 Å². The van der Waals surface area contributed by atoms with E-state index in [4.69, 9.17) is 5.73 Å². The Morgan fingerprint density at radius 3 is 3.00 bits per heavy atom. The van der Waals surface area contributed by atoms with Gasteiger partial charge in [0.05, 0.1) is 11.7 Å². The minimum absolute atomic E-state index is 0.0636. The molecule has 1 aromatic heterocycles. The lowest BCUT2D eigenvalue weighted by molar-refractivity contribution is 0.292. The molecule has 0 aromatic carbocycles. The Labute approximate surface area is 101 Å². The quantitative estimate of drug-likeness (QED) is 0.750. The first kappa shape index (κ1) is 12.0. The van der Waals surface area contributed by atoms with Gasteiger partial charge in [0.15, 0.2) is 0 Å². The highest BCUT2D eigenvalue weighted by Gasteiger charge is 2.16. The maximum Gasteiger partial charge on any atom is 0.109 e. The summed E-state index contributed by atoms with van der Waals surface area (Å²) in [5.74, 6) is 0.988. The minimum atomic E-state index is 0.0636. The van der Waals surface area contributed by atoms with Gasteiger partial charge in [0.2, 0.25) is 0 Å². The zero-order valence-corrected chi connectivity index (χ0v) is 10.7. The van der Waals surface area contributed by atoms with Crippen molar-refractivity contribution in [1.82, 2.24) is 10.3 Å². The van der Waals surface area contributed by atoms with Crippen LogP contribution in [0.5, 0.6) is 0 Å². The summed E-state index contributed by atoms with van der Waals surface area (Å²) in [6.45, 7) is 3.98. The molecule has 3 N–H and O–H groups in total. The van der Waals surface area contributed by atoms with Gasteiger partial charge in [-0.1, -0.05) is 19.3 Å². The number of hydrogen-bond acceptors (Lipinski definition) is 4. The molecule has 0 amide bonds. The Kier molecular flexibility index (Phi) is 4.32. The molecule has 0 spiro atoms. The fraction of sp³-hybridized carbons (Fsp3) is 0.750. The molecule has 1 aliphatic carbocycles. The minimum Gasteiger partial charge on any atom is -0.322 e. The molecule has 2 rings (SSSR count). The number of nitrogens with two attached hydrogens (primary N) is 1. The van der Waals surface area contributed by atoms with Gasteiger partial charge in [0, 0.05) is 11.9 Å². The van der Waals surface area contributed by atoms with Crippen LogP contribution in [0.25, 0.3) is 0 Å². The first-order valence-corrected chi connectivity index (χ1v) is 7.04. The molecule has 1 unspecified atom stereocenters. The molecule has 0 bridgehead atoms. The maximum absolute atomic E-state index is 5.77. The van der Waals surface area contributed by atoms with Crippen LogP contribution >= 0.6 is 11.3 Å². The molecule has 0 radical (unpaired) electrons. The van der Waals surface area contributed by atoms with E-state index in [1.807, 2.05) is 6.92 Å². The lowest BCUT2D eigenvalue weighted by Gasteiger charge is -2.25. The Morgan fingerprint density at radius 1 is 1.62 bits per heavy atom. The van der Waals surface area contributed by atoms with Gasteiger partial charge < -0.3 is 11.1 Å². The van der Waals surface area contributed by atoms with Crippen molar-refractivity contribution < 1.29 is 0 Å². The summed E-state index contributed by atoms with van der Waals surface area (Å²) in [6.07, 6.45) is 5.64. The van der Waals surface area contributed by atoms with Crippen molar-refractivity contribution in [3.05, 3.63) is 16.1 Å². The second-order valence-corrected chi connectivity index (χ2v) is 5.62. The summed E-state index contributed by atoms with van der Waals surface area (Å²) in [5.41, 5.74) is 6.91. The lowest BCUT2D eigenvalue weighted by atomic mass is 9.83. The smallest absolute Gasteiger partial charge is 0.109 e. The molecular weight excluding hydrogens is 218 g/mol. The Hall–Kier alpha value is -0.450. The maximum atomic E-state index is 5.77. The molecule has 3 nitrogen and oxygen atoms in total. The Bertz CT molecular complexity index is 318. The van der Waals surface area contributed by atoms with Crippen LogP contribution in [0.1, 0.15) is 49.4 Å². The van der Waals surface area contributed by atoms with Gasteiger partial charge in [0.25, 0.3) is 0 Å². The summed E-state index contributed by atoms with van der Waals surface area (Å²) in [6, 6.07) is 0.0636. The molecule has 0 aliphatic heterocycles. The summed E-state index contributed by atoms with van der Waals surface area (Å²) in [5, 5.41) is 6.60. The lowest BCUT2D eigenvalue weighted by Crippen LogP contribution is -2.21. The van der Waals surface area contributed by atoms with Gasteiger partial charge in [-0.2, -0.15) is 0 Å². The summed E-state index contributed by atoms with van der Waals surface area (Å²) in [4.78, 5) is 4.49. The third-order valence-corrected chi connectivity index (χ3v) is 4.31. The second kappa shape index (κ2) is 5.75. The number of rotatable bonds is 6. The fourth-order valence-electron chi connectivity index (χ4n) is 1.92. The fourth-order valence-corrected chi connectivity index (χ4v) is 2.69. The molecule has 1 fully saturated rings. The number of hydrogen-bond donors (Lipinski definition) is 2. The zero-order chi connectivity index (χ0) is 11.4. The number of thiazole rings is 1. The van der Waals surface area contributed by atoms with E-state index in [0.717, 1.165) is 29.7 Å². The predicted molar refractivity (Wildman–Crippen MR) is 68.4 cm³/mol. The van der Waals surface area contributed by atoms with Crippen molar-refractivity contribution in [3.8, 4) is 0 Å². The molecule has 0 saturated heterocycles. The van der Waals surface area contributed by atoms with Crippen LogP contribution in [0.4, 0.5) is 0 Å². The molecule has 1 atom stereocenters. The Balaban J connectivity index is 1.64. The second-order valence-electron chi connectivity index (χ2n) is 4.73. The highest BCUT2D eigenvalue weighted by Crippen LogP contribution is 2.28. The summed E-state index contributed by atoms with van der Waals surface area (Å²) in [7, 11) is 0. The molecular formula is C12H21N3S. The van der Waals surface area contributed by atoms with Crippen LogP contribution in [-0.4, -0.2) is 11.5 Å². The van der Waals surface area contributed by atoms with Gasteiger partial charge in [-0.05, 0) is 25.8 Å². The van der Waals surface area contributed by atoms with Gasteiger partial charge in [-0.15, -0.1) is 11.3 Å². The van der Waals surface area contributed by atoms with Crippen LogP contribution in [-0.2, 0) is 6.54 Å². The average molecular weight is 239 g/mol. The van der Waals surface area contributed by atoms with Crippen LogP contribution in [0, 0.1) is 5.92 Å². The molecule has 4 heteroatoms. The SMILES string of the molecule is CC(N)c1nc(CNCCC2CCC2)cs1. The largest absolute Gasteiger partial charge is 0.322 e. The third kappa shape index (κ3) is 3.27. The number of nitrogens with zero attached hydrogens (tertiary/aromatic N) is 1. The van der Waals surface area contributed by atoms with E-state index in [0.29, 0.717) is 0 Å². The zero-order valence-electron chi connectivity index (χ0n) is 9.91. The highest BCUT2D eigenvalue weighted by molar-refractivity contribution is 7.09. The van der Waals surface area contributed by atoms with Crippen molar-refractivity contribution in [2.24, 2.45) is 11.7 Å². The first-order chi connectivity index (χ1) is 7.75. The molecule has 1 saturated carbocycles. The van der Waals surface area contributed by atoms with Crippen molar-refractivity contribution in [2.75, 3.05) is 6.54 Å². The average Bonchev–Trinajstić information content (AvgIpc) is 2.63. The van der Waals surface area contributed by atoms with E-state index in [9.17, 15) is 0 Å². The van der Waals surface area contributed by atoms with E-state index in [-0.39, 0.29) is 6.04 Å².